The molecule has 4 nitrogen and oxygen atoms in total. The van der Waals surface area contributed by atoms with Gasteiger partial charge in [-0.25, -0.2) is 4.98 Å². The van der Waals surface area contributed by atoms with Gasteiger partial charge < -0.3 is 15.9 Å². The summed E-state index contributed by atoms with van der Waals surface area (Å²) in [5.74, 6) is 0.499. The number of nitrogens with zero attached hydrogens (tertiary/aromatic N) is 1. The molecule has 2 aromatic carbocycles. The minimum absolute atomic E-state index is 0.499. The Morgan fingerprint density at radius 3 is 2.61 bits per heavy atom. The highest BCUT2D eigenvalue weighted by Gasteiger charge is 2.09. The third kappa shape index (κ3) is 1.76. The first-order chi connectivity index (χ1) is 8.63. The molecular weight excluding hydrogens is 250 g/mol. The summed E-state index contributed by atoms with van der Waals surface area (Å²) in [7, 11) is 0. The Morgan fingerprint density at radius 2 is 1.83 bits per heavy atom. The molecule has 4 N–H and O–H groups in total. The molecule has 0 aliphatic rings. The second kappa shape index (κ2) is 3.92. The van der Waals surface area contributed by atoms with Crippen LogP contribution in [0.2, 0.25) is 5.02 Å². The van der Waals surface area contributed by atoms with Gasteiger partial charge in [0.2, 0.25) is 5.89 Å². The lowest BCUT2D eigenvalue weighted by Crippen LogP contribution is -1.94. The van der Waals surface area contributed by atoms with Crippen molar-refractivity contribution in [1.82, 2.24) is 4.98 Å². The van der Waals surface area contributed by atoms with E-state index in [1.165, 1.54) is 0 Å². The van der Waals surface area contributed by atoms with Crippen molar-refractivity contribution in [2.75, 3.05) is 11.5 Å². The maximum Gasteiger partial charge on any atom is 0.227 e. The van der Waals surface area contributed by atoms with Crippen LogP contribution in [0.5, 0.6) is 0 Å². The Morgan fingerprint density at radius 1 is 1.00 bits per heavy atom. The van der Waals surface area contributed by atoms with E-state index in [9.17, 15) is 0 Å². The van der Waals surface area contributed by atoms with Crippen molar-refractivity contribution >= 4 is 34.1 Å². The summed E-state index contributed by atoms with van der Waals surface area (Å²) < 4.78 is 5.64. The van der Waals surface area contributed by atoms with E-state index in [1.807, 2.05) is 6.07 Å². The van der Waals surface area contributed by atoms with Gasteiger partial charge in [-0.15, -0.1) is 0 Å². The van der Waals surface area contributed by atoms with Crippen molar-refractivity contribution in [3.63, 3.8) is 0 Å². The van der Waals surface area contributed by atoms with E-state index in [1.54, 1.807) is 30.3 Å². The molecule has 0 aliphatic carbocycles. The molecule has 0 saturated heterocycles. The number of nitrogens with two attached hydrogens (primary N) is 2. The zero-order valence-electron chi connectivity index (χ0n) is 9.35. The zero-order valence-corrected chi connectivity index (χ0v) is 10.1. The highest BCUT2D eigenvalue weighted by molar-refractivity contribution is 6.31. The van der Waals surface area contributed by atoms with Crippen molar-refractivity contribution < 1.29 is 4.42 Å². The lowest BCUT2D eigenvalue weighted by Gasteiger charge is -2.00. The predicted molar refractivity (Wildman–Crippen MR) is 73.3 cm³/mol. The van der Waals surface area contributed by atoms with E-state index in [0.29, 0.717) is 33.4 Å². The number of benzene rings is 2. The molecule has 0 spiro atoms. The molecule has 18 heavy (non-hydrogen) atoms. The van der Waals surface area contributed by atoms with Gasteiger partial charge in [0.1, 0.15) is 5.52 Å². The largest absolute Gasteiger partial charge is 0.436 e. The number of fused-ring (bicyclic) bond motifs is 1. The zero-order chi connectivity index (χ0) is 12.7. The van der Waals surface area contributed by atoms with Gasteiger partial charge in [0, 0.05) is 10.6 Å². The molecule has 0 saturated carbocycles. The number of aromatic nitrogens is 1. The smallest absolute Gasteiger partial charge is 0.227 e. The number of rotatable bonds is 1. The number of anilines is 2. The average Bonchev–Trinajstić information content (AvgIpc) is 2.75. The van der Waals surface area contributed by atoms with Crippen molar-refractivity contribution in [3.05, 3.63) is 41.4 Å². The Hall–Kier alpha value is -2.20. The minimum atomic E-state index is 0.499. The van der Waals surface area contributed by atoms with Gasteiger partial charge in [-0.1, -0.05) is 11.6 Å². The molecule has 3 rings (SSSR count). The molecule has 1 heterocycles. The van der Waals surface area contributed by atoms with E-state index in [-0.39, 0.29) is 0 Å². The van der Waals surface area contributed by atoms with E-state index in [2.05, 4.69) is 4.98 Å². The lowest BCUT2D eigenvalue weighted by atomic mass is 10.2. The van der Waals surface area contributed by atoms with Crippen molar-refractivity contribution in [2.24, 2.45) is 0 Å². The molecule has 0 amide bonds. The third-order valence-corrected chi connectivity index (χ3v) is 2.92. The van der Waals surface area contributed by atoms with Crippen LogP contribution in [0.25, 0.3) is 22.6 Å². The van der Waals surface area contributed by atoms with Crippen LogP contribution in [0.4, 0.5) is 11.4 Å². The van der Waals surface area contributed by atoms with Crippen LogP contribution in [0, 0.1) is 0 Å². The predicted octanol–water partition coefficient (Wildman–Crippen LogP) is 3.31. The normalized spacial score (nSPS) is 10.9. The lowest BCUT2D eigenvalue weighted by molar-refractivity contribution is 0.620. The SMILES string of the molecule is Nc1ccc(-c2nc3cc(Cl)ccc3o2)cc1N. The minimum Gasteiger partial charge on any atom is -0.436 e. The number of nitrogen functional groups attached to an aromatic ring is 2. The maximum absolute atomic E-state index is 5.90. The van der Waals surface area contributed by atoms with Crippen LogP contribution in [0.3, 0.4) is 0 Å². The van der Waals surface area contributed by atoms with Gasteiger partial charge in [-0.2, -0.15) is 0 Å². The highest BCUT2D eigenvalue weighted by atomic mass is 35.5. The molecule has 3 aromatic rings. The number of halogens is 1. The summed E-state index contributed by atoms with van der Waals surface area (Å²) in [6.07, 6.45) is 0. The van der Waals surface area contributed by atoms with Crippen LogP contribution in [-0.4, -0.2) is 4.98 Å². The topological polar surface area (TPSA) is 78.1 Å². The van der Waals surface area contributed by atoms with Crippen LogP contribution < -0.4 is 11.5 Å². The highest BCUT2D eigenvalue weighted by Crippen LogP contribution is 2.28. The third-order valence-electron chi connectivity index (χ3n) is 2.68. The van der Waals surface area contributed by atoms with E-state index in [4.69, 9.17) is 27.5 Å². The molecule has 0 unspecified atom stereocenters. The molecule has 0 aliphatic heterocycles. The monoisotopic (exact) mass is 259 g/mol. The number of hydrogen-bond acceptors (Lipinski definition) is 4. The first-order valence-corrected chi connectivity index (χ1v) is 5.73. The van der Waals surface area contributed by atoms with E-state index < -0.39 is 0 Å². The fourth-order valence-electron chi connectivity index (χ4n) is 1.73. The quantitative estimate of drug-likeness (QED) is 0.657. The summed E-state index contributed by atoms with van der Waals surface area (Å²) in [6.45, 7) is 0. The summed E-state index contributed by atoms with van der Waals surface area (Å²) in [6, 6.07) is 10.6. The van der Waals surface area contributed by atoms with Gasteiger partial charge in [-0.05, 0) is 36.4 Å². The summed E-state index contributed by atoms with van der Waals surface area (Å²) in [5, 5.41) is 0.624. The van der Waals surface area contributed by atoms with Crippen molar-refractivity contribution in [2.45, 2.75) is 0 Å². The molecule has 0 bridgehead atoms. The fraction of sp³-hybridized carbons (Fsp3) is 0. The molecule has 90 valence electrons. The standard InChI is InChI=1S/C13H10ClN3O/c14-8-2-4-12-11(6-8)17-13(18-12)7-1-3-9(15)10(16)5-7/h1-6H,15-16H2. The molecule has 5 heteroatoms. The summed E-state index contributed by atoms with van der Waals surface area (Å²) in [4.78, 5) is 4.37. The second-order valence-corrected chi connectivity index (χ2v) is 4.41. The summed E-state index contributed by atoms with van der Waals surface area (Å²) in [5.41, 5.74) is 14.7. The Labute approximate surface area is 108 Å². The van der Waals surface area contributed by atoms with Crippen LogP contribution in [-0.2, 0) is 0 Å². The van der Waals surface area contributed by atoms with E-state index in [0.717, 1.165) is 5.56 Å². The van der Waals surface area contributed by atoms with Gasteiger partial charge in [0.25, 0.3) is 0 Å². The Bertz CT molecular complexity index is 736. The van der Waals surface area contributed by atoms with Gasteiger partial charge in [0.05, 0.1) is 11.4 Å². The second-order valence-electron chi connectivity index (χ2n) is 3.97. The van der Waals surface area contributed by atoms with Crippen molar-refractivity contribution in [3.8, 4) is 11.5 Å². The molecular formula is C13H10ClN3O. The first-order valence-electron chi connectivity index (χ1n) is 5.35. The fourth-order valence-corrected chi connectivity index (χ4v) is 1.90. The van der Waals surface area contributed by atoms with Crippen LogP contribution in [0.1, 0.15) is 0 Å². The van der Waals surface area contributed by atoms with Gasteiger partial charge >= 0.3 is 0 Å². The van der Waals surface area contributed by atoms with E-state index >= 15 is 0 Å². The average molecular weight is 260 g/mol. The number of oxazole rings is 1. The molecule has 1 aromatic heterocycles. The van der Waals surface area contributed by atoms with Crippen LogP contribution >= 0.6 is 11.6 Å². The van der Waals surface area contributed by atoms with Gasteiger partial charge in [0.15, 0.2) is 5.58 Å². The van der Waals surface area contributed by atoms with Crippen molar-refractivity contribution in [1.29, 1.82) is 0 Å². The Balaban J connectivity index is 2.16. The van der Waals surface area contributed by atoms with Gasteiger partial charge in [-0.3, -0.25) is 0 Å². The molecule has 0 fully saturated rings. The maximum atomic E-state index is 5.90. The van der Waals surface area contributed by atoms with Crippen LogP contribution in [0.15, 0.2) is 40.8 Å². The molecule has 0 atom stereocenters. The Kier molecular flexibility index (Phi) is 2.38. The molecule has 0 radical (unpaired) electrons. The summed E-state index contributed by atoms with van der Waals surface area (Å²) >= 11 is 5.90. The number of hydrogen-bond donors (Lipinski definition) is 2. The first kappa shape index (κ1) is 10.9.